The molecule has 2 aromatic rings. The molecular weight excluding hydrogens is 450 g/mol. The Bertz CT molecular complexity index is 1090. The molecule has 0 atom stereocenters. The topological polar surface area (TPSA) is 123 Å². The zero-order valence-corrected chi connectivity index (χ0v) is 18.3. The Morgan fingerprint density at radius 3 is 2.44 bits per heavy atom. The Morgan fingerprint density at radius 1 is 1.19 bits per heavy atom. The number of nitro benzene ring substituents is 1. The van der Waals surface area contributed by atoms with Gasteiger partial charge in [-0.25, -0.2) is 8.42 Å². The molecule has 2 rings (SSSR count). The van der Waals surface area contributed by atoms with Gasteiger partial charge in [-0.2, -0.15) is 18.2 Å². The van der Waals surface area contributed by atoms with Gasteiger partial charge in [-0.15, -0.1) is 0 Å². The molecule has 1 N–H and O–H groups in total. The number of hydrogen-bond donors (Lipinski definition) is 1. The van der Waals surface area contributed by atoms with Crippen LogP contribution in [0.3, 0.4) is 0 Å². The fourth-order valence-corrected chi connectivity index (χ4v) is 4.24. The second kappa shape index (κ2) is 10.8. The highest BCUT2D eigenvalue weighted by atomic mass is 32.2. The fourth-order valence-electron chi connectivity index (χ4n) is 2.76. The SMILES string of the molecule is CCN(CC)S(=O)(=O)c1ccc(N/N=C/c2ccc(OC(F)F)c(OC)c2)c([N+](=O)[O-])c1. The number of nitrogens with one attached hydrogen (secondary N) is 1. The molecule has 10 nitrogen and oxygen atoms in total. The van der Waals surface area contributed by atoms with Crippen LogP contribution in [-0.2, 0) is 10.0 Å². The molecule has 0 amide bonds. The number of methoxy groups -OCH3 is 1. The predicted octanol–water partition coefficient (Wildman–Crippen LogP) is 3.68. The molecular formula is C19H22F2N4O6S. The number of nitrogens with zero attached hydrogens (tertiary/aromatic N) is 3. The van der Waals surface area contributed by atoms with Crippen LogP contribution in [0.15, 0.2) is 46.4 Å². The highest BCUT2D eigenvalue weighted by Crippen LogP contribution is 2.30. The number of ether oxygens (including phenoxy) is 2. The number of alkyl halides is 2. The van der Waals surface area contributed by atoms with E-state index in [9.17, 15) is 27.3 Å². The van der Waals surface area contributed by atoms with Crippen LogP contribution >= 0.6 is 0 Å². The molecule has 0 aliphatic rings. The number of rotatable bonds is 11. The molecule has 0 aliphatic carbocycles. The van der Waals surface area contributed by atoms with Crippen molar-refractivity contribution in [3.8, 4) is 11.5 Å². The summed E-state index contributed by atoms with van der Waals surface area (Å²) in [6.07, 6.45) is 1.28. The van der Waals surface area contributed by atoms with E-state index in [2.05, 4.69) is 15.3 Å². The average Bonchev–Trinajstić information content (AvgIpc) is 2.74. The largest absolute Gasteiger partial charge is 0.493 e. The van der Waals surface area contributed by atoms with Gasteiger partial charge in [0.2, 0.25) is 10.0 Å². The quantitative estimate of drug-likeness (QED) is 0.301. The monoisotopic (exact) mass is 472 g/mol. The molecule has 0 aromatic heterocycles. The van der Waals surface area contributed by atoms with E-state index in [4.69, 9.17) is 4.74 Å². The number of sulfonamides is 1. The van der Waals surface area contributed by atoms with E-state index in [-0.39, 0.29) is 35.2 Å². The summed E-state index contributed by atoms with van der Waals surface area (Å²) in [4.78, 5) is 10.5. The lowest BCUT2D eigenvalue weighted by Crippen LogP contribution is -2.30. The standard InChI is InChI=1S/C19H22F2N4O6S/c1-4-24(5-2)32(28,29)14-7-8-15(16(11-14)25(26)27)23-22-12-13-6-9-17(31-19(20)21)18(10-13)30-3/h6-12,19,23H,4-5H2,1-3H3/b22-12+. The van der Waals surface area contributed by atoms with E-state index in [0.717, 1.165) is 6.07 Å². The molecule has 0 bridgehead atoms. The first-order chi connectivity index (χ1) is 15.1. The molecule has 0 unspecified atom stereocenters. The van der Waals surface area contributed by atoms with Gasteiger partial charge in [0.25, 0.3) is 5.69 Å². The molecule has 0 fully saturated rings. The van der Waals surface area contributed by atoms with Crippen LogP contribution in [0.1, 0.15) is 19.4 Å². The van der Waals surface area contributed by atoms with Crippen LogP contribution in [0.2, 0.25) is 0 Å². The van der Waals surface area contributed by atoms with Crippen LogP contribution in [0.25, 0.3) is 0 Å². The number of halogens is 2. The van der Waals surface area contributed by atoms with Gasteiger partial charge in [0.05, 0.1) is 23.1 Å². The van der Waals surface area contributed by atoms with Gasteiger partial charge in [0.15, 0.2) is 11.5 Å². The third kappa shape index (κ3) is 5.88. The van der Waals surface area contributed by atoms with Gasteiger partial charge >= 0.3 is 6.61 Å². The van der Waals surface area contributed by atoms with Gasteiger partial charge < -0.3 is 9.47 Å². The van der Waals surface area contributed by atoms with Crippen molar-refractivity contribution >= 4 is 27.6 Å². The van der Waals surface area contributed by atoms with Crippen molar-refractivity contribution in [2.45, 2.75) is 25.4 Å². The molecule has 32 heavy (non-hydrogen) atoms. The smallest absolute Gasteiger partial charge is 0.387 e. The van der Waals surface area contributed by atoms with E-state index in [1.165, 1.54) is 48.0 Å². The van der Waals surface area contributed by atoms with Gasteiger partial charge in [-0.05, 0) is 35.9 Å². The van der Waals surface area contributed by atoms with Gasteiger partial charge in [-0.3, -0.25) is 15.5 Å². The zero-order valence-electron chi connectivity index (χ0n) is 17.5. The summed E-state index contributed by atoms with van der Waals surface area (Å²) in [7, 11) is -2.59. The number of anilines is 1. The molecule has 0 saturated heterocycles. The van der Waals surface area contributed by atoms with Crippen molar-refractivity contribution in [1.29, 1.82) is 0 Å². The highest BCUT2D eigenvalue weighted by molar-refractivity contribution is 7.89. The molecule has 0 saturated carbocycles. The lowest BCUT2D eigenvalue weighted by molar-refractivity contribution is -0.384. The Morgan fingerprint density at radius 2 is 1.88 bits per heavy atom. The van der Waals surface area contributed by atoms with Crippen LogP contribution in [0.5, 0.6) is 11.5 Å². The molecule has 13 heteroatoms. The Balaban J connectivity index is 2.28. The second-order valence-electron chi connectivity index (χ2n) is 6.18. The Kier molecular flexibility index (Phi) is 8.43. The minimum absolute atomic E-state index is 0.0330. The molecule has 0 aliphatic heterocycles. The lowest BCUT2D eigenvalue weighted by Gasteiger charge is -2.18. The maximum absolute atomic E-state index is 12.6. The molecule has 0 spiro atoms. The summed E-state index contributed by atoms with van der Waals surface area (Å²) in [5, 5.41) is 15.4. The minimum atomic E-state index is -3.87. The predicted molar refractivity (Wildman–Crippen MR) is 114 cm³/mol. The van der Waals surface area contributed by atoms with E-state index in [0.29, 0.717) is 5.56 Å². The van der Waals surface area contributed by atoms with Crippen LogP contribution in [0, 0.1) is 10.1 Å². The number of hydrogen-bond acceptors (Lipinski definition) is 8. The fraction of sp³-hybridized carbons (Fsp3) is 0.316. The minimum Gasteiger partial charge on any atom is -0.493 e. The van der Waals surface area contributed by atoms with Gasteiger partial charge in [-0.1, -0.05) is 13.8 Å². The highest BCUT2D eigenvalue weighted by Gasteiger charge is 2.25. The van der Waals surface area contributed by atoms with Crippen molar-refractivity contribution in [2.24, 2.45) is 5.10 Å². The van der Waals surface area contributed by atoms with Crippen molar-refractivity contribution in [2.75, 3.05) is 25.6 Å². The van der Waals surface area contributed by atoms with Crippen LogP contribution in [-0.4, -0.2) is 50.7 Å². The summed E-state index contributed by atoms with van der Waals surface area (Å²) in [6, 6.07) is 7.54. The van der Waals surface area contributed by atoms with Crippen molar-refractivity contribution in [3.05, 3.63) is 52.1 Å². The van der Waals surface area contributed by atoms with Crippen molar-refractivity contribution in [3.63, 3.8) is 0 Å². The summed E-state index contributed by atoms with van der Waals surface area (Å²) < 4.78 is 60.6. The zero-order chi connectivity index (χ0) is 23.9. The number of hydrazone groups is 1. The van der Waals surface area contributed by atoms with Crippen molar-refractivity contribution in [1.82, 2.24) is 4.31 Å². The maximum Gasteiger partial charge on any atom is 0.387 e. The van der Waals surface area contributed by atoms with E-state index in [1.54, 1.807) is 13.8 Å². The molecule has 0 radical (unpaired) electrons. The first-order valence-corrected chi connectivity index (χ1v) is 10.8. The van der Waals surface area contributed by atoms with E-state index in [1.807, 2.05) is 0 Å². The summed E-state index contributed by atoms with van der Waals surface area (Å²) >= 11 is 0. The third-order valence-corrected chi connectivity index (χ3v) is 6.36. The normalized spacial score (nSPS) is 11.8. The summed E-state index contributed by atoms with van der Waals surface area (Å²) in [5.74, 6) is -0.112. The van der Waals surface area contributed by atoms with Crippen molar-refractivity contribution < 1.29 is 31.6 Å². The lowest BCUT2D eigenvalue weighted by atomic mass is 10.2. The molecule has 2 aromatic carbocycles. The Labute approximate surface area is 183 Å². The first kappa shape index (κ1) is 24.9. The maximum atomic E-state index is 12.6. The summed E-state index contributed by atoms with van der Waals surface area (Å²) in [6.45, 7) is 0.769. The molecule has 174 valence electrons. The van der Waals surface area contributed by atoms with Gasteiger partial charge in [0.1, 0.15) is 5.69 Å². The van der Waals surface area contributed by atoms with Crippen LogP contribution in [0.4, 0.5) is 20.2 Å². The third-order valence-electron chi connectivity index (χ3n) is 4.31. The van der Waals surface area contributed by atoms with Crippen LogP contribution < -0.4 is 14.9 Å². The average molecular weight is 472 g/mol. The first-order valence-electron chi connectivity index (χ1n) is 9.34. The number of nitro groups is 1. The van der Waals surface area contributed by atoms with Gasteiger partial charge in [0, 0.05) is 19.2 Å². The van der Waals surface area contributed by atoms with E-state index >= 15 is 0 Å². The summed E-state index contributed by atoms with van der Waals surface area (Å²) in [5.41, 5.74) is 2.41. The molecule has 0 heterocycles. The number of benzene rings is 2. The van der Waals surface area contributed by atoms with E-state index < -0.39 is 27.2 Å². The Hall–Kier alpha value is -3.32. The second-order valence-corrected chi connectivity index (χ2v) is 8.12.